The predicted molar refractivity (Wildman–Crippen MR) is 80.3 cm³/mol. The second-order valence-electron chi connectivity index (χ2n) is 5.28. The van der Waals surface area contributed by atoms with Crippen LogP contribution in [0.5, 0.6) is 0 Å². The lowest BCUT2D eigenvalue weighted by atomic mass is 10.0. The normalized spacial score (nSPS) is 18.7. The van der Waals surface area contributed by atoms with E-state index in [9.17, 15) is 9.18 Å². The van der Waals surface area contributed by atoms with Crippen LogP contribution in [0.3, 0.4) is 0 Å². The van der Waals surface area contributed by atoms with Gasteiger partial charge >= 0.3 is 0 Å². The molecule has 1 aliphatic heterocycles. The zero-order chi connectivity index (χ0) is 15.2. The lowest BCUT2D eigenvalue weighted by Gasteiger charge is -2.30. The molecule has 4 nitrogen and oxygen atoms in total. The number of likely N-dealkylation sites (tertiary alicyclic amines) is 1. The summed E-state index contributed by atoms with van der Waals surface area (Å²) in [6.45, 7) is 2.05. The molecule has 1 heterocycles. The number of hydrogen-bond acceptors (Lipinski definition) is 3. The van der Waals surface area contributed by atoms with E-state index in [0.717, 1.165) is 25.9 Å². The number of halogens is 1. The number of nitrogens with two attached hydrogens (primary N) is 1. The van der Waals surface area contributed by atoms with Crippen molar-refractivity contribution in [1.29, 1.82) is 0 Å². The van der Waals surface area contributed by atoms with Gasteiger partial charge in [-0.05, 0) is 44.6 Å². The van der Waals surface area contributed by atoms with E-state index in [0.29, 0.717) is 5.56 Å². The molecule has 3 N–H and O–H groups in total. The largest absolute Gasteiger partial charge is 0.348 e. The van der Waals surface area contributed by atoms with Crippen molar-refractivity contribution in [2.24, 2.45) is 5.73 Å². The SMILES string of the molecule is CN1CCCC(NC(=O)c2cc(C#CCN)ccc2F)C1. The summed E-state index contributed by atoms with van der Waals surface area (Å²) in [6.07, 6.45) is 1.95. The Morgan fingerprint density at radius 2 is 2.38 bits per heavy atom. The van der Waals surface area contributed by atoms with Gasteiger partial charge in [0, 0.05) is 18.2 Å². The highest BCUT2D eigenvalue weighted by molar-refractivity contribution is 5.95. The Balaban J connectivity index is 2.10. The Bertz CT molecular complexity index is 577. The molecule has 1 aromatic rings. The summed E-state index contributed by atoms with van der Waals surface area (Å²) >= 11 is 0. The maximum Gasteiger partial charge on any atom is 0.254 e. The predicted octanol–water partition coefficient (Wildman–Crippen LogP) is 0.960. The number of piperidine rings is 1. The second kappa shape index (κ2) is 7.21. The average molecular weight is 289 g/mol. The van der Waals surface area contributed by atoms with Crippen LogP contribution in [0.4, 0.5) is 4.39 Å². The molecule has 0 bridgehead atoms. The minimum Gasteiger partial charge on any atom is -0.348 e. The summed E-state index contributed by atoms with van der Waals surface area (Å²) in [5.74, 6) is 4.58. The third-order valence-electron chi connectivity index (χ3n) is 3.51. The Morgan fingerprint density at radius 1 is 1.57 bits per heavy atom. The van der Waals surface area contributed by atoms with Crippen LogP contribution in [0.1, 0.15) is 28.8 Å². The molecule has 0 spiro atoms. The summed E-state index contributed by atoms with van der Waals surface area (Å²) in [6, 6.07) is 4.35. The number of carbonyl (C=O) groups is 1. The first kappa shape index (κ1) is 15.5. The van der Waals surface area contributed by atoms with Gasteiger partial charge in [0.25, 0.3) is 5.91 Å². The van der Waals surface area contributed by atoms with E-state index in [-0.39, 0.29) is 24.1 Å². The van der Waals surface area contributed by atoms with Crippen LogP contribution in [0.25, 0.3) is 0 Å². The summed E-state index contributed by atoms with van der Waals surface area (Å²) < 4.78 is 13.8. The number of amides is 1. The molecule has 1 saturated heterocycles. The third-order valence-corrected chi connectivity index (χ3v) is 3.51. The molecule has 5 heteroatoms. The first-order chi connectivity index (χ1) is 10.1. The Labute approximate surface area is 124 Å². The van der Waals surface area contributed by atoms with Crippen molar-refractivity contribution >= 4 is 5.91 Å². The van der Waals surface area contributed by atoms with E-state index in [1.807, 2.05) is 7.05 Å². The number of nitrogens with zero attached hydrogens (tertiary/aromatic N) is 1. The van der Waals surface area contributed by atoms with Crippen LogP contribution in [-0.4, -0.2) is 43.5 Å². The molecule has 0 aromatic heterocycles. The number of hydrogen-bond donors (Lipinski definition) is 2. The number of carbonyl (C=O) groups excluding carboxylic acids is 1. The Kier molecular flexibility index (Phi) is 5.32. The van der Waals surface area contributed by atoms with Gasteiger partial charge < -0.3 is 16.0 Å². The number of likely N-dealkylation sites (N-methyl/N-ethyl adjacent to an activating group) is 1. The third kappa shape index (κ3) is 4.28. The van der Waals surface area contributed by atoms with E-state index in [2.05, 4.69) is 22.1 Å². The van der Waals surface area contributed by atoms with Gasteiger partial charge in [0.05, 0.1) is 12.1 Å². The van der Waals surface area contributed by atoms with Gasteiger partial charge in [-0.2, -0.15) is 0 Å². The van der Waals surface area contributed by atoms with E-state index in [1.165, 1.54) is 12.1 Å². The standard InChI is InChI=1S/C16H20FN3O/c1-20-9-3-5-13(11-20)19-16(21)14-10-12(4-2-8-18)6-7-15(14)17/h6-7,10,13H,3,5,8-9,11,18H2,1H3,(H,19,21). The minimum absolute atomic E-state index is 0.0343. The van der Waals surface area contributed by atoms with Crippen molar-refractivity contribution in [1.82, 2.24) is 10.2 Å². The van der Waals surface area contributed by atoms with Gasteiger partial charge in [0.1, 0.15) is 5.82 Å². The fourth-order valence-electron chi connectivity index (χ4n) is 2.48. The van der Waals surface area contributed by atoms with E-state index in [4.69, 9.17) is 5.73 Å². The summed E-state index contributed by atoms with van der Waals surface area (Å²) in [4.78, 5) is 14.4. The maximum atomic E-state index is 13.8. The van der Waals surface area contributed by atoms with Gasteiger partial charge in [-0.3, -0.25) is 4.79 Å². The molecule has 0 saturated carbocycles. The Hall–Kier alpha value is -1.90. The molecule has 1 atom stereocenters. The highest BCUT2D eigenvalue weighted by Gasteiger charge is 2.21. The average Bonchev–Trinajstić information content (AvgIpc) is 2.46. The summed E-state index contributed by atoms with van der Waals surface area (Å²) in [7, 11) is 2.02. The van der Waals surface area contributed by atoms with Gasteiger partial charge in [0.2, 0.25) is 0 Å². The monoisotopic (exact) mass is 289 g/mol. The highest BCUT2D eigenvalue weighted by Crippen LogP contribution is 2.13. The number of benzene rings is 1. The number of nitrogens with one attached hydrogen (secondary N) is 1. The summed E-state index contributed by atoms with van der Waals surface area (Å²) in [5.41, 5.74) is 5.93. The molecule has 1 aromatic carbocycles. The first-order valence-electron chi connectivity index (χ1n) is 7.08. The van der Waals surface area contributed by atoms with E-state index >= 15 is 0 Å². The lowest BCUT2D eigenvalue weighted by Crippen LogP contribution is -2.46. The van der Waals surface area contributed by atoms with Crippen LogP contribution in [-0.2, 0) is 0 Å². The second-order valence-corrected chi connectivity index (χ2v) is 5.28. The van der Waals surface area contributed by atoms with Crippen molar-refractivity contribution < 1.29 is 9.18 Å². The minimum atomic E-state index is -0.532. The highest BCUT2D eigenvalue weighted by atomic mass is 19.1. The van der Waals surface area contributed by atoms with Crippen LogP contribution >= 0.6 is 0 Å². The molecule has 2 rings (SSSR count). The smallest absolute Gasteiger partial charge is 0.254 e. The fraction of sp³-hybridized carbons (Fsp3) is 0.438. The quantitative estimate of drug-likeness (QED) is 0.797. The molecular formula is C16H20FN3O. The van der Waals surface area contributed by atoms with Crippen molar-refractivity contribution in [3.63, 3.8) is 0 Å². The Morgan fingerprint density at radius 3 is 3.10 bits per heavy atom. The molecule has 0 radical (unpaired) electrons. The topological polar surface area (TPSA) is 58.4 Å². The summed E-state index contributed by atoms with van der Waals surface area (Å²) in [5, 5.41) is 2.90. The number of rotatable bonds is 2. The van der Waals surface area contributed by atoms with E-state index < -0.39 is 5.82 Å². The van der Waals surface area contributed by atoms with Gasteiger partial charge in [-0.15, -0.1) is 0 Å². The zero-order valence-corrected chi connectivity index (χ0v) is 12.2. The lowest BCUT2D eigenvalue weighted by molar-refractivity contribution is 0.0908. The van der Waals surface area contributed by atoms with Crippen molar-refractivity contribution in [2.75, 3.05) is 26.7 Å². The van der Waals surface area contributed by atoms with E-state index in [1.54, 1.807) is 6.07 Å². The van der Waals surface area contributed by atoms with Gasteiger partial charge in [-0.25, -0.2) is 4.39 Å². The van der Waals surface area contributed by atoms with Crippen molar-refractivity contribution in [3.8, 4) is 11.8 Å². The molecule has 1 fully saturated rings. The fourth-order valence-corrected chi connectivity index (χ4v) is 2.48. The molecule has 21 heavy (non-hydrogen) atoms. The molecule has 0 aliphatic carbocycles. The van der Waals surface area contributed by atoms with Crippen LogP contribution in [0, 0.1) is 17.7 Å². The van der Waals surface area contributed by atoms with Crippen LogP contribution in [0.2, 0.25) is 0 Å². The molecular weight excluding hydrogens is 269 g/mol. The van der Waals surface area contributed by atoms with Crippen molar-refractivity contribution in [2.45, 2.75) is 18.9 Å². The maximum absolute atomic E-state index is 13.8. The molecule has 1 amide bonds. The van der Waals surface area contributed by atoms with Crippen LogP contribution in [0.15, 0.2) is 18.2 Å². The van der Waals surface area contributed by atoms with Crippen LogP contribution < -0.4 is 11.1 Å². The van der Waals surface area contributed by atoms with Gasteiger partial charge in [0.15, 0.2) is 0 Å². The molecule has 1 aliphatic rings. The molecule has 1 unspecified atom stereocenters. The van der Waals surface area contributed by atoms with Crippen molar-refractivity contribution in [3.05, 3.63) is 35.1 Å². The first-order valence-corrected chi connectivity index (χ1v) is 7.08. The van der Waals surface area contributed by atoms with Gasteiger partial charge in [-0.1, -0.05) is 11.8 Å². The molecule has 112 valence electrons. The zero-order valence-electron chi connectivity index (χ0n) is 12.2.